The van der Waals surface area contributed by atoms with Crippen LogP contribution >= 0.6 is 0 Å². The van der Waals surface area contributed by atoms with Crippen molar-refractivity contribution in [2.45, 2.75) is 107 Å². The lowest BCUT2D eigenvalue weighted by Gasteiger charge is -2.51. The molecule has 0 radical (unpaired) electrons. The monoisotopic (exact) mass is 656 g/mol. The molecule has 2 amide bonds. The van der Waals surface area contributed by atoms with E-state index in [2.05, 4.69) is 50.4 Å². The van der Waals surface area contributed by atoms with Gasteiger partial charge in [0.2, 0.25) is 5.91 Å². The summed E-state index contributed by atoms with van der Waals surface area (Å²) in [5.74, 6) is 1.35. The number of piperazine rings is 1. The fourth-order valence-electron chi connectivity index (χ4n) is 9.40. The van der Waals surface area contributed by atoms with E-state index in [1.54, 1.807) is 7.11 Å². The van der Waals surface area contributed by atoms with Crippen LogP contribution in [0.5, 0.6) is 5.75 Å². The third-order valence-electron chi connectivity index (χ3n) is 12.4. The Bertz CT molecular complexity index is 1780. The number of hydrogen-bond donors (Lipinski definition) is 1. The van der Waals surface area contributed by atoms with E-state index in [4.69, 9.17) is 4.74 Å². The van der Waals surface area contributed by atoms with Gasteiger partial charge in [0.1, 0.15) is 16.7 Å². The predicted octanol–water partition coefficient (Wildman–Crippen LogP) is 6.35. The zero-order valence-corrected chi connectivity index (χ0v) is 29.0. The van der Waals surface area contributed by atoms with Crippen molar-refractivity contribution in [2.75, 3.05) is 27.2 Å². The number of benzene rings is 2. The summed E-state index contributed by atoms with van der Waals surface area (Å²) in [6.45, 7) is 6.22. The normalized spacial score (nSPS) is 28.2. The van der Waals surface area contributed by atoms with Gasteiger partial charge in [0, 0.05) is 59.7 Å². The third-order valence-corrected chi connectivity index (χ3v) is 13.9. The number of rotatable bonds is 7. The first-order valence-corrected chi connectivity index (χ1v) is 19.0. The van der Waals surface area contributed by atoms with Crippen molar-refractivity contribution in [3.05, 3.63) is 53.1 Å². The molecule has 47 heavy (non-hydrogen) atoms. The lowest BCUT2D eigenvalue weighted by molar-refractivity contribution is -0.147. The molecule has 2 aromatic carbocycles. The first-order chi connectivity index (χ1) is 22.7. The highest BCUT2D eigenvalue weighted by Crippen LogP contribution is 2.66. The summed E-state index contributed by atoms with van der Waals surface area (Å²) in [5, 5.41) is 1.05. The molecule has 9 heteroatoms. The van der Waals surface area contributed by atoms with E-state index in [0.717, 1.165) is 62.9 Å². The number of carbonyl (C=O) groups excluding carboxylic acids is 2. The SMILES string of the molecule is CCC(C)S(=O)NC(=O)c1ccc2c(C3CCCCC3)c3n(c2c1)CC1(C(=O)N2CC4CCC2CN4C)CC1c1cc(OC)ccc1-3. The molecule has 3 saturated heterocycles. The van der Waals surface area contributed by atoms with Crippen molar-refractivity contribution >= 4 is 33.7 Å². The molecule has 6 atom stereocenters. The topological polar surface area (TPSA) is 83.9 Å². The standard InChI is InChI=1S/C38H48N4O4S/c1-5-23(2)47(45)39-36(43)25-11-15-30-33(17-25)42-22-38(37(44)41-21-26-12-13-27(41)20-40(26)3)19-32(38)31-18-28(46-4)14-16-29(31)35(42)34(30)24-9-7-6-8-10-24/h11,14-18,23-24,26-27,32H,5-10,12-13,19-22H2,1-4H3,(H,39,43). The van der Waals surface area contributed by atoms with E-state index in [0.29, 0.717) is 30.0 Å². The summed E-state index contributed by atoms with van der Waals surface area (Å²) >= 11 is 0. The maximum atomic E-state index is 14.9. The summed E-state index contributed by atoms with van der Waals surface area (Å²) in [4.78, 5) is 33.1. The Hall–Kier alpha value is -3.17. The van der Waals surface area contributed by atoms with Gasteiger partial charge in [0.25, 0.3) is 5.91 Å². The molecule has 9 rings (SSSR count). The van der Waals surface area contributed by atoms with Gasteiger partial charge in [-0.05, 0) is 99.9 Å². The van der Waals surface area contributed by atoms with Crippen molar-refractivity contribution < 1.29 is 18.5 Å². The molecule has 5 heterocycles. The minimum atomic E-state index is -1.46. The van der Waals surface area contributed by atoms with Gasteiger partial charge in [0.15, 0.2) is 0 Å². The number of nitrogens with one attached hydrogen (secondary N) is 1. The number of hydrogen-bond acceptors (Lipinski definition) is 5. The van der Waals surface area contributed by atoms with Crippen LogP contribution in [0.3, 0.4) is 0 Å². The van der Waals surface area contributed by atoms with Crippen LogP contribution in [-0.2, 0) is 22.3 Å². The van der Waals surface area contributed by atoms with Crippen LogP contribution in [0.1, 0.15) is 105 Å². The van der Waals surface area contributed by atoms with Crippen LogP contribution in [0.4, 0.5) is 0 Å². The third kappa shape index (κ3) is 4.97. The summed E-state index contributed by atoms with van der Waals surface area (Å²) in [5.41, 5.74) is 5.97. The smallest absolute Gasteiger partial charge is 0.263 e. The second kappa shape index (κ2) is 11.8. The molecule has 6 aliphatic rings. The largest absolute Gasteiger partial charge is 0.497 e. The Morgan fingerprint density at radius 2 is 1.83 bits per heavy atom. The van der Waals surface area contributed by atoms with Crippen molar-refractivity contribution in [1.82, 2.24) is 19.1 Å². The Kier molecular flexibility index (Phi) is 7.79. The van der Waals surface area contributed by atoms with Crippen LogP contribution in [0, 0.1) is 5.41 Å². The fraction of sp³-hybridized carbons (Fsp3) is 0.579. The summed E-state index contributed by atoms with van der Waals surface area (Å²) in [6.07, 6.45) is 9.76. The number of fused-ring (bicyclic) bond motifs is 10. The quantitative estimate of drug-likeness (QED) is 0.321. The molecular weight excluding hydrogens is 609 g/mol. The Morgan fingerprint density at radius 1 is 1.04 bits per heavy atom. The molecule has 1 aromatic heterocycles. The summed E-state index contributed by atoms with van der Waals surface area (Å²) in [6, 6.07) is 13.2. The molecule has 2 aliphatic carbocycles. The molecule has 6 unspecified atom stereocenters. The van der Waals surface area contributed by atoms with Crippen molar-refractivity contribution in [3.63, 3.8) is 0 Å². The molecule has 3 aromatic rings. The van der Waals surface area contributed by atoms with Crippen molar-refractivity contribution in [3.8, 4) is 17.0 Å². The minimum absolute atomic E-state index is 0.122. The lowest BCUT2D eigenvalue weighted by atomic mass is 9.81. The van der Waals surface area contributed by atoms with Gasteiger partial charge in [0.05, 0.1) is 23.5 Å². The second-order valence-electron chi connectivity index (χ2n) is 15.0. The van der Waals surface area contributed by atoms with E-state index >= 15 is 0 Å². The molecule has 2 bridgehead atoms. The van der Waals surface area contributed by atoms with E-state index in [9.17, 15) is 13.8 Å². The number of ether oxygens (including phenoxy) is 1. The summed E-state index contributed by atoms with van der Waals surface area (Å²) in [7, 11) is 2.46. The maximum Gasteiger partial charge on any atom is 0.263 e. The van der Waals surface area contributed by atoms with Crippen molar-refractivity contribution in [1.29, 1.82) is 0 Å². The van der Waals surface area contributed by atoms with Crippen LogP contribution in [-0.4, -0.2) is 75.0 Å². The fourth-order valence-corrected chi connectivity index (χ4v) is 10.2. The highest BCUT2D eigenvalue weighted by Gasteiger charge is 2.65. The average molecular weight is 657 g/mol. The Balaban J connectivity index is 1.30. The molecule has 4 aliphatic heterocycles. The van der Waals surface area contributed by atoms with Gasteiger partial charge in [-0.1, -0.05) is 32.3 Å². The number of nitrogens with zero attached hydrogens (tertiary/aromatic N) is 3. The lowest BCUT2D eigenvalue weighted by Crippen LogP contribution is -2.64. The van der Waals surface area contributed by atoms with Crippen LogP contribution in [0.25, 0.3) is 22.2 Å². The van der Waals surface area contributed by atoms with E-state index in [1.807, 2.05) is 26.0 Å². The predicted molar refractivity (Wildman–Crippen MR) is 186 cm³/mol. The second-order valence-corrected chi connectivity index (χ2v) is 16.6. The minimum Gasteiger partial charge on any atom is -0.497 e. The number of aromatic nitrogens is 1. The zero-order chi connectivity index (χ0) is 32.6. The number of amides is 2. The average Bonchev–Trinajstić information content (AvgIpc) is 3.77. The van der Waals surface area contributed by atoms with E-state index in [-0.39, 0.29) is 23.1 Å². The molecule has 8 nitrogen and oxygen atoms in total. The number of methoxy groups -OCH3 is 1. The van der Waals surface area contributed by atoms with E-state index < -0.39 is 16.4 Å². The summed E-state index contributed by atoms with van der Waals surface area (Å²) < 4.78 is 23.7. The Morgan fingerprint density at radius 3 is 2.53 bits per heavy atom. The maximum absolute atomic E-state index is 14.9. The molecule has 1 N–H and O–H groups in total. The first-order valence-electron chi connectivity index (χ1n) is 17.8. The molecule has 0 spiro atoms. The highest BCUT2D eigenvalue weighted by molar-refractivity contribution is 7.84. The van der Waals surface area contributed by atoms with Gasteiger partial charge in [-0.3, -0.25) is 19.2 Å². The van der Waals surface area contributed by atoms with Gasteiger partial charge < -0.3 is 14.2 Å². The molecule has 250 valence electrons. The van der Waals surface area contributed by atoms with Crippen LogP contribution in [0.2, 0.25) is 0 Å². The van der Waals surface area contributed by atoms with Crippen LogP contribution < -0.4 is 9.46 Å². The van der Waals surface area contributed by atoms with Gasteiger partial charge in [-0.2, -0.15) is 0 Å². The van der Waals surface area contributed by atoms with Gasteiger partial charge in [-0.15, -0.1) is 0 Å². The van der Waals surface area contributed by atoms with Gasteiger partial charge >= 0.3 is 0 Å². The van der Waals surface area contributed by atoms with E-state index in [1.165, 1.54) is 47.0 Å². The van der Waals surface area contributed by atoms with Gasteiger partial charge in [-0.25, -0.2) is 4.21 Å². The van der Waals surface area contributed by atoms with Crippen LogP contribution in [0.15, 0.2) is 36.4 Å². The van der Waals surface area contributed by atoms with Crippen molar-refractivity contribution in [2.24, 2.45) is 5.41 Å². The Labute approximate surface area is 280 Å². The highest BCUT2D eigenvalue weighted by atomic mass is 32.2. The first kappa shape index (κ1) is 31.1. The number of carbonyl (C=O) groups is 2. The zero-order valence-electron chi connectivity index (χ0n) is 28.2. The molecule has 5 fully saturated rings. The molecular formula is C38H48N4O4S. The number of piperidine rings is 2. The number of likely N-dealkylation sites (N-methyl/N-ethyl adjacent to an activating group) is 1. The molecule has 2 saturated carbocycles.